The Morgan fingerprint density at radius 2 is 2.24 bits per heavy atom. The van der Waals surface area contributed by atoms with Crippen molar-refractivity contribution < 1.29 is 5.11 Å². The van der Waals surface area contributed by atoms with Crippen LogP contribution in [0.1, 0.15) is 18.1 Å². The van der Waals surface area contributed by atoms with E-state index in [-0.39, 0.29) is 0 Å². The molecule has 1 aromatic heterocycles. The first-order valence-electron chi connectivity index (χ1n) is 7.06. The van der Waals surface area contributed by atoms with Crippen LogP contribution in [0.15, 0.2) is 33.5 Å². The van der Waals surface area contributed by atoms with Gasteiger partial charge < -0.3 is 10.0 Å². The zero-order valence-electron chi connectivity index (χ0n) is 12.0. The Kier molecular flexibility index (Phi) is 3.10. The van der Waals surface area contributed by atoms with Crippen molar-refractivity contribution in [3.63, 3.8) is 0 Å². The summed E-state index contributed by atoms with van der Waals surface area (Å²) in [6.07, 6.45) is -0.463. The molecule has 0 fully saturated rings. The highest BCUT2D eigenvalue weighted by molar-refractivity contribution is 8.17. The number of nitrogens with zero attached hydrogens (tertiary/aromatic N) is 2. The second-order valence-electron chi connectivity index (χ2n) is 5.41. The van der Waals surface area contributed by atoms with Crippen molar-refractivity contribution in [2.75, 3.05) is 13.1 Å². The minimum atomic E-state index is -0.463. The summed E-state index contributed by atoms with van der Waals surface area (Å²) in [5, 5.41) is 14.7. The van der Waals surface area contributed by atoms with Crippen LogP contribution in [0.2, 0.25) is 0 Å². The molecule has 21 heavy (non-hydrogen) atoms. The summed E-state index contributed by atoms with van der Waals surface area (Å²) in [6, 6.07) is 6.45. The third-order valence-electron chi connectivity index (χ3n) is 3.93. The van der Waals surface area contributed by atoms with Crippen LogP contribution in [-0.2, 0) is 0 Å². The van der Waals surface area contributed by atoms with Gasteiger partial charge in [-0.15, -0.1) is 11.3 Å². The Bertz CT molecular complexity index is 789. The fraction of sp³-hybridized carbons (Fsp3) is 0.312. The van der Waals surface area contributed by atoms with Crippen molar-refractivity contribution in [2.24, 2.45) is 4.99 Å². The molecule has 0 amide bonds. The van der Waals surface area contributed by atoms with Crippen molar-refractivity contribution in [1.29, 1.82) is 0 Å². The first kappa shape index (κ1) is 13.4. The van der Waals surface area contributed by atoms with Crippen LogP contribution < -0.4 is 0 Å². The molecule has 5 heteroatoms. The van der Waals surface area contributed by atoms with E-state index in [2.05, 4.69) is 40.4 Å². The lowest BCUT2D eigenvalue weighted by Crippen LogP contribution is -2.20. The molecular formula is C16H16N2OS2. The van der Waals surface area contributed by atoms with Crippen LogP contribution in [-0.4, -0.2) is 34.4 Å². The molecule has 3 nitrogen and oxygen atoms in total. The van der Waals surface area contributed by atoms with E-state index in [9.17, 15) is 5.11 Å². The fourth-order valence-corrected chi connectivity index (χ4v) is 5.14. The van der Waals surface area contributed by atoms with Crippen molar-refractivity contribution >= 4 is 44.0 Å². The second kappa shape index (κ2) is 4.87. The number of hydrogen-bond acceptors (Lipinski definition) is 5. The van der Waals surface area contributed by atoms with E-state index in [0.29, 0.717) is 0 Å². The van der Waals surface area contributed by atoms with Gasteiger partial charge in [0.1, 0.15) is 0 Å². The van der Waals surface area contributed by atoms with E-state index >= 15 is 0 Å². The number of rotatable bonds is 2. The van der Waals surface area contributed by atoms with Gasteiger partial charge in [0.15, 0.2) is 5.17 Å². The average molecular weight is 316 g/mol. The van der Waals surface area contributed by atoms with Crippen LogP contribution in [0.5, 0.6) is 0 Å². The number of hydrogen-bond donors (Lipinski definition) is 1. The molecule has 0 saturated heterocycles. The van der Waals surface area contributed by atoms with Gasteiger partial charge in [-0.05, 0) is 30.2 Å². The minimum Gasteiger partial charge on any atom is -0.388 e. The highest BCUT2D eigenvalue weighted by atomic mass is 32.2. The molecule has 1 N–H and O–H groups in total. The maximum atomic E-state index is 10.2. The molecule has 0 saturated carbocycles. The number of aryl methyl sites for hydroxylation is 1. The Labute approximate surface area is 132 Å². The molecule has 4 rings (SSSR count). The molecule has 1 unspecified atom stereocenters. The van der Waals surface area contributed by atoms with Crippen LogP contribution in [0.25, 0.3) is 15.8 Å². The maximum absolute atomic E-state index is 10.2. The predicted octanol–water partition coefficient (Wildman–Crippen LogP) is 3.68. The quantitative estimate of drug-likeness (QED) is 0.918. The van der Waals surface area contributed by atoms with Gasteiger partial charge >= 0.3 is 0 Å². The number of aliphatic imine (C=N–C) groups is 1. The summed E-state index contributed by atoms with van der Waals surface area (Å²) in [6.45, 7) is 5.75. The number of thiophene rings is 1. The van der Waals surface area contributed by atoms with Gasteiger partial charge in [-0.1, -0.05) is 30.0 Å². The number of aliphatic hydroxyl groups is 1. The molecule has 3 heterocycles. The van der Waals surface area contributed by atoms with Crippen molar-refractivity contribution in [3.05, 3.63) is 39.6 Å². The van der Waals surface area contributed by atoms with Gasteiger partial charge in [0.05, 0.1) is 18.3 Å². The van der Waals surface area contributed by atoms with Crippen LogP contribution in [0.3, 0.4) is 0 Å². The molecule has 1 atom stereocenters. The lowest BCUT2D eigenvalue weighted by molar-refractivity contribution is 0.240. The molecule has 2 aromatic rings. The first-order chi connectivity index (χ1) is 10.2. The Morgan fingerprint density at radius 1 is 1.38 bits per heavy atom. The molecular weight excluding hydrogens is 300 g/mol. The molecule has 0 radical (unpaired) electrons. The zero-order valence-corrected chi connectivity index (χ0v) is 13.6. The van der Waals surface area contributed by atoms with Crippen LogP contribution in [0.4, 0.5) is 0 Å². The standard InChI is InChI=1S/C16H16N2OS2/c1-9-8-20-15-11(9)4-3-5-12(15)13-14(10(2)19)21-16-17-6-7-18(13)16/h3-5,8,10,19H,6-7H2,1-2H3. The predicted molar refractivity (Wildman–Crippen MR) is 91.8 cm³/mol. The Hall–Kier alpha value is -1.30. The summed E-state index contributed by atoms with van der Waals surface area (Å²) in [7, 11) is 0. The molecule has 1 aromatic carbocycles. The molecule has 108 valence electrons. The smallest absolute Gasteiger partial charge is 0.168 e. The third-order valence-corrected chi connectivity index (χ3v) is 6.37. The van der Waals surface area contributed by atoms with Gasteiger partial charge in [0, 0.05) is 21.7 Å². The first-order valence-corrected chi connectivity index (χ1v) is 8.75. The van der Waals surface area contributed by atoms with Gasteiger partial charge in [0.25, 0.3) is 0 Å². The summed E-state index contributed by atoms with van der Waals surface area (Å²) in [4.78, 5) is 7.83. The van der Waals surface area contributed by atoms with Crippen molar-refractivity contribution in [1.82, 2.24) is 4.90 Å². The molecule has 0 spiro atoms. The highest BCUT2D eigenvalue weighted by Gasteiger charge is 2.35. The lowest BCUT2D eigenvalue weighted by Gasteiger charge is -2.18. The highest BCUT2D eigenvalue weighted by Crippen LogP contribution is 2.45. The number of thioether (sulfide) groups is 1. The van der Waals surface area contributed by atoms with Gasteiger partial charge in [-0.2, -0.15) is 0 Å². The average Bonchev–Trinajstić information content (AvgIpc) is 3.12. The summed E-state index contributed by atoms with van der Waals surface area (Å²) in [5.74, 6) is 0. The second-order valence-corrected chi connectivity index (χ2v) is 7.30. The van der Waals surface area contributed by atoms with Gasteiger partial charge in [0.2, 0.25) is 0 Å². The van der Waals surface area contributed by atoms with E-state index in [1.165, 1.54) is 21.2 Å². The zero-order chi connectivity index (χ0) is 14.6. The van der Waals surface area contributed by atoms with E-state index < -0.39 is 6.10 Å². The topological polar surface area (TPSA) is 35.8 Å². The molecule has 2 aliphatic heterocycles. The third kappa shape index (κ3) is 1.95. The summed E-state index contributed by atoms with van der Waals surface area (Å²) >= 11 is 3.40. The van der Waals surface area contributed by atoms with Crippen LogP contribution >= 0.6 is 23.1 Å². The number of fused-ring (bicyclic) bond motifs is 2. The maximum Gasteiger partial charge on any atom is 0.168 e. The largest absolute Gasteiger partial charge is 0.388 e. The summed E-state index contributed by atoms with van der Waals surface area (Å²) in [5.41, 5.74) is 3.69. The number of aliphatic hydroxyl groups excluding tert-OH is 1. The normalized spacial score (nSPS) is 19.4. The van der Waals surface area contributed by atoms with E-state index in [1.54, 1.807) is 23.1 Å². The molecule has 2 aliphatic rings. The van der Waals surface area contributed by atoms with Crippen molar-refractivity contribution in [2.45, 2.75) is 20.0 Å². The minimum absolute atomic E-state index is 0.463. The van der Waals surface area contributed by atoms with Gasteiger partial charge in [-0.3, -0.25) is 4.99 Å². The van der Waals surface area contributed by atoms with E-state index in [1.807, 2.05) is 6.92 Å². The molecule has 0 aliphatic carbocycles. The van der Waals surface area contributed by atoms with Crippen molar-refractivity contribution in [3.8, 4) is 0 Å². The fourth-order valence-electron chi connectivity index (χ4n) is 2.93. The molecule has 0 bridgehead atoms. The SMILES string of the molecule is Cc1csc2c(C3=C(C(C)O)SC4=NCCN43)cccc12. The Balaban J connectivity index is 1.97. The summed E-state index contributed by atoms with van der Waals surface area (Å²) < 4.78 is 1.30. The number of benzene rings is 1. The Morgan fingerprint density at radius 3 is 3.05 bits per heavy atom. The van der Waals surface area contributed by atoms with Crippen LogP contribution in [0, 0.1) is 6.92 Å². The lowest BCUT2D eigenvalue weighted by atomic mass is 10.1. The van der Waals surface area contributed by atoms with E-state index in [0.717, 1.165) is 28.9 Å². The van der Waals surface area contributed by atoms with Gasteiger partial charge in [-0.25, -0.2) is 0 Å². The number of amidine groups is 1. The van der Waals surface area contributed by atoms with E-state index in [4.69, 9.17) is 0 Å². The monoisotopic (exact) mass is 316 g/mol.